The fraction of sp³-hybridized carbons (Fsp3) is 0.500. The van der Waals surface area contributed by atoms with Crippen molar-refractivity contribution in [1.29, 1.82) is 0 Å². The van der Waals surface area contributed by atoms with Crippen molar-refractivity contribution in [2.75, 3.05) is 11.1 Å². The molecule has 1 atom stereocenters. The minimum atomic E-state index is -3.76. The molecule has 1 aliphatic rings. The molecule has 5 nitrogen and oxygen atoms in total. The molecule has 0 spiro atoms. The average Bonchev–Trinajstić information content (AvgIpc) is 3.03. The summed E-state index contributed by atoms with van der Waals surface area (Å²) in [6, 6.07) is 4.95. The first-order chi connectivity index (χ1) is 8.36. The zero-order valence-corrected chi connectivity index (χ0v) is 11.2. The van der Waals surface area contributed by atoms with E-state index in [-0.39, 0.29) is 10.9 Å². The van der Waals surface area contributed by atoms with Crippen LogP contribution in [0.3, 0.4) is 0 Å². The standard InChI is InChI=1S/C12H19N3O2S/c1-8(6-9-2-3-9)15-11-5-4-10(13)7-12(11)18(14,16)17/h4-5,7-9,15H,2-3,6,13H2,1H3,(H2,14,16,17). The summed E-state index contributed by atoms with van der Waals surface area (Å²) in [4.78, 5) is 0.0603. The number of nitrogens with two attached hydrogens (primary N) is 2. The smallest absolute Gasteiger partial charge is 0.240 e. The highest BCUT2D eigenvalue weighted by atomic mass is 32.2. The van der Waals surface area contributed by atoms with Gasteiger partial charge in [-0.3, -0.25) is 0 Å². The Labute approximate surface area is 108 Å². The van der Waals surface area contributed by atoms with Crippen molar-refractivity contribution in [3.05, 3.63) is 18.2 Å². The number of hydrogen-bond acceptors (Lipinski definition) is 4. The highest BCUT2D eigenvalue weighted by Gasteiger charge is 2.24. The number of primary sulfonamides is 1. The van der Waals surface area contributed by atoms with Crippen LogP contribution in [0.5, 0.6) is 0 Å². The summed E-state index contributed by atoms with van der Waals surface area (Å²) in [7, 11) is -3.76. The maximum atomic E-state index is 11.5. The molecule has 6 heteroatoms. The maximum absolute atomic E-state index is 11.5. The molecule has 0 bridgehead atoms. The number of benzene rings is 1. The van der Waals surface area contributed by atoms with Gasteiger partial charge in [0, 0.05) is 11.7 Å². The zero-order valence-electron chi connectivity index (χ0n) is 10.4. The van der Waals surface area contributed by atoms with E-state index in [2.05, 4.69) is 5.32 Å². The van der Waals surface area contributed by atoms with Crippen molar-refractivity contribution in [1.82, 2.24) is 0 Å². The number of rotatable bonds is 5. The van der Waals surface area contributed by atoms with Crippen LogP contribution in [0.2, 0.25) is 0 Å². The van der Waals surface area contributed by atoms with Gasteiger partial charge >= 0.3 is 0 Å². The van der Waals surface area contributed by atoms with Crippen molar-refractivity contribution in [3.63, 3.8) is 0 Å². The molecule has 0 aromatic heterocycles. The first-order valence-corrected chi connectivity index (χ1v) is 7.60. The predicted octanol–water partition coefficient (Wildman–Crippen LogP) is 1.52. The van der Waals surface area contributed by atoms with Crippen molar-refractivity contribution >= 4 is 21.4 Å². The first-order valence-electron chi connectivity index (χ1n) is 6.05. The molecule has 1 fully saturated rings. The van der Waals surface area contributed by atoms with Gasteiger partial charge in [-0.2, -0.15) is 0 Å². The third kappa shape index (κ3) is 3.36. The van der Waals surface area contributed by atoms with Crippen LogP contribution >= 0.6 is 0 Å². The number of hydrogen-bond donors (Lipinski definition) is 3. The van der Waals surface area contributed by atoms with Gasteiger partial charge in [0.2, 0.25) is 10.0 Å². The van der Waals surface area contributed by atoms with E-state index in [1.54, 1.807) is 12.1 Å². The summed E-state index contributed by atoms with van der Waals surface area (Å²) in [6.07, 6.45) is 3.60. The number of sulfonamides is 1. The Morgan fingerprint density at radius 3 is 2.67 bits per heavy atom. The Morgan fingerprint density at radius 1 is 1.44 bits per heavy atom. The SMILES string of the molecule is CC(CC1CC1)Nc1ccc(N)cc1S(N)(=O)=O. The molecule has 18 heavy (non-hydrogen) atoms. The van der Waals surface area contributed by atoms with Gasteiger partial charge in [0.05, 0.1) is 5.69 Å². The molecule has 0 heterocycles. The van der Waals surface area contributed by atoms with E-state index in [0.29, 0.717) is 11.4 Å². The largest absolute Gasteiger partial charge is 0.399 e. The Balaban J connectivity index is 2.20. The van der Waals surface area contributed by atoms with E-state index in [0.717, 1.165) is 12.3 Å². The fourth-order valence-electron chi connectivity index (χ4n) is 2.07. The topological polar surface area (TPSA) is 98.2 Å². The average molecular weight is 269 g/mol. The van der Waals surface area contributed by atoms with Crippen molar-refractivity contribution in [2.24, 2.45) is 11.1 Å². The molecule has 1 aliphatic carbocycles. The molecule has 0 radical (unpaired) electrons. The summed E-state index contributed by atoms with van der Waals surface area (Å²) in [6.45, 7) is 2.04. The van der Waals surface area contributed by atoms with E-state index in [4.69, 9.17) is 10.9 Å². The monoisotopic (exact) mass is 269 g/mol. The lowest BCUT2D eigenvalue weighted by atomic mass is 10.1. The second-order valence-corrected chi connectivity index (χ2v) is 6.55. The molecule has 0 aliphatic heterocycles. The van der Waals surface area contributed by atoms with Gasteiger partial charge < -0.3 is 11.1 Å². The van der Waals surface area contributed by atoms with Crippen LogP contribution in [0.1, 0.15) is 26.2 Å². The normalized spacial score (nSPS) is 17.4. The van der Waals surface area contributed by atoms with E-state index < -0.39 is 10.0 Å². The Kier molecular flexibility index (Phi) is 3.49. The van der Waals surface area contributed by atoms with Crippen LogP contribution in [0.15, 0.2) is 23.1 Å². The Hall–Kier alpha value is -1.27. The third-order valence-electron chi connectivity index (χ3n) is 3.10. The van der Waals surface area contributed by atoms with Crippen LogP contribution in [0, 0.1) is 5.92 Å². The van der Waals surface area contributed by atoms with Gasteiger partial charge in [0.25, 0.3) is 0 Å². The van der Waals surface area contributed by atoms with Crippen molar-refractivity contribution in [3.8, 4) is 0 Å². The Morgan fingerprint density at radius 2 is 2.11 bits per heavy atom. The predicted molar refractivity (Wildman–Crippen MR) is 72.7 cm³/mol. The van der Waals surface area contributed by atoms with E-state index in [1.807, 2.05) is 6.92 Å². The van der Waals surface area contributed by atoms with Crippen molar-refractivity contribution < 1.29 is 8.42 Å². The minimum Gasteiger partial charge on any atom is -0.399 e. The fourth-order valence-corrected chi connectivity index (χ4v) is 2.81. The minimum absolute atomic E-state index is 0.0603. The van der Waals surface area contributed by atoms with Gasteiger partial charge in [-0.15, -0.1) is 0 Å². The lowest BCUT2D eigenvalue weighted by Gasteiger charge is -2.17. The molecule has 0 saturated heterocycles. The van der Waals surface area contributed by atoms with Crippen LogP contribution in [-0.2, 0) is 10.0 Å². The van der Waals surface area contributed by atoms with Gasteiger partial charge in [0.15, 0.2) is 0 Å². The second-order valence-electron chi connectivity index (χ2n) is 5.03. The van der Waals surface area contributed by atoms with Gasteiger partial charge in [0.1, 0.15) is 4.90 Å². The summed E-state index contributed by atoms with van der Waals surface area (Å²) in [5, 5.41) is 8.39. The lowest BCUT2D eigenvalue weighted by Crippen LogP contribution is -2.20. The summed E-state index contributed by atoms with van der Waals surface area (Å²) >= 11 is 0. The highest BCUT2D eigenvalue weighted by Crippen LogP contribution is 2.34. The number of anilines is 2. The first kappa shape index (κ1) is 13.2. The Bertz CT molecular complexity index is 538. The summed E-state index contributed by atoms with van der Waals surface area (Å²) in [5.41, 5.74) is 6.51. The molecular formula is C12H19N3O2S. The number of nitrogen functional groups attached to an aromatic ring is 1. The third-order valence-corrected chi connectivity index (χ3v) is 4.05. The molecule has 1 unspecified atom stereocenters. The lowest BCUT2D eigenvalue weighted by molar-refractivity contribution is 0.597. The molecule has 5 N–H and O–H groups in total. The highest BCUT2D eigenvalue weighted by molar-refractivity contribution is 7.89. The van der Waals surface area contributed by atoms with Gasteiger partial charge in [-0.1, -0.05) is 12.8 Å². The maximum Gasteiger partial charge on any atom is 0.240 e. The summed E-state index contributed by atoms with van der Waals surface area (Å²) < 4.78 is 23.0. The van der Waals surface area contributed by atoms with Crippen molar-refractivity contribution in [2.45, 2.75) is 37.1 Å². The summed E-state index contributed by atoms with van der Waals surface area (Å²) in [5.74, 6) is 0.777. The van der Waals surface area contributed by atoms with E-state index in [1.165, 1.54) is 18.9 Å². The van der Waals surface area contributed by atoms with Gasteiger partial charge in [-0.05, 0) is 37.5 Å². The van der Waals surface area contributed by atoms with Gasteiger partial charge in [-0.25, -0.2) is 13.6 Å². The molecule has 1 aromatic carbocycles. The zero-order chi connectivity index (χ0) is 13.3. The molecule has 100 valence electrons. The van der Waals surface area contributed by atoms with E-state index in [9.17, 15) is 8.42 Å². The van der Waals surface area contributed by atoms with Crippen LogP contribution in [-0.4, -0.2) is 14.5 Å². The second kappa shape index (κ2) is 4.78. The van der Waals surface area contributed by atoms with Crippen LogP contribution in [0.4, 0.5) is 11.4 Å². The molecule has 2 rings (SSSR count). The van der Waals surface area contributed by atoms with Crippen LogP contribution in [0.25, 0.3) is 0 Å². The van der Waals surface area contributed by atoms with Crippen LogP contribution < -0.4 is 16.2 Å². The molecule has 0 amide bonds. The quantitative estimate of drug-likeness (QED) is 0.706. The number of nitrogens with one attached hydrogen (secondary N) is 1. The molecule has 1 saturated carbocycles. The molecule has 1 aromatic rings. The molecular weight excluding hydrogens is 250 g/mol. The van der Waals surface area contributed by atoms with E-state index >= 15 is 0 Å².